The van der Waals surface area contributed by atoms with Crippen LogP contribution in [0.1, 0.15) is 16.1 Å². The molecule has 0 saturated heterocycles. The topological polar surface area (TPSA) is 72.2 Å². The third-order valence-electron chi connectivity index (χ3n) is 2.56. The van der Waals surface area contributed by atoms with E-state index in [1.807, 2.05) is 0 Å². The summed E-state index contributed by atoms with van der Waals surface area (Å²) >= 11 is 0. The Kier molecular flexibility index (Phi) is 2.42. The van der Waals surface area contributed by atoms with Gasteiger partial charge >= 0.3 is 5.97 Å². The van der Waals surface area contributed by atoms with Gasteiger partial charge in [-0.1, -0.05) is 0 Å². The maximum Gasteiger partial charge on any atom is 0.360 e. The summed E-state index contributed by atoms with van der Waals surface area (Å²) in [5.41, 5.74) is -0.400. The Morgan fingerprint density at radius 2 is 2.12 bits per heavy atom. The molecular weight excluding hydrogens is 227 g/mol. The quantitative estimate of drug-likeness (QED) is 0.804. The zero-order valence-corrected chi connectivity index (χ0v) is 9.19. The number of fused-ring (bicyclic) bond motifs is 1. The number of carboxylic acid groups (broad SMARTS) is 1. The molecule has 0 aliphatic heterocycles. The minimum Gasteiger partial charge on any atom is -0.476 e. The molecule has 6 heteroatoms. The van der Waals surface area contributed by atoms with E-state index in [2.05, 4.69) is 4.98 Å². The monoisotopic (exact) mass is 236 g/mol. The summed E-state index contributed by atoms with van der Waals surface area (Å²) in [7, 11) is 1.43. The summed E-state index contributed by atoms with van der Waals surface area (Å²) in [5, 5.41) is 8.80. The average molecular weight is 236 g/mol. The minimum atomic E-state index is -1.42. The predicted molar refractivity (Wildman–Crippen MR) is 58.6 cm³/mol. The number of aryl methyl sites for hydroxylation is 2. The lowest BCUT2D eigenvalue weighted by molar-refractivity contribution is 0.0688. The van der Waals surface area contributed by atoms with E-state index in [0.717, 1.165) is 10.6 Å². The van der Waals surface area contributed by atoms with Gasteiger partial charge in [-0.05, 0) is 18.6 Å². The van der Waals surface area contributed by atoms with Gasteiger partial charge in [0.05, 0.1) is 11.0 Å². The second-order valence-corrected chi connectivity index (χ2v) is 3.72. The summed E-state index contributed by atoms with van der Waals surface area (Å²) in [6, 6.07) is 2.58. The molecule has 0 spiro atoms. The highest BCUT2D eigenvalue weighted by molar-refractivity contribution is 5.88. The normalized spacial score (nSPS) is 10.8. The number of aromatic nitrogens is 2. The second-order valence-electron chi connectivity index (χ2n) is 3.72. The van der Waals surface area contributed by atoms with Gasteiger partial charge in [0.25, 0.3) is 5.56 Å². The highest BCUT2D eigenvalue weighted by Gasteiger charge is 2.15. The van der Waals surface area contributed by atoms with E-state index in [4.69, 9.17) is 5.11 Å². The summed E-state index contributed by atoms with van der Waals surface area (Å²) in [4.78, 5) is 26.1. The SMILES string of the molecule is Cc1cc2c(cc1F)nc(C(=O)O)c(=O)n2C. The number of rotatable bonds is 1. The van der Waals surface area contributed by atoms with Crippen LogP contribution in [0.25, 0.3) is 11.0 Å². The fourth-order valence-corrected chi connectivity index (χ4v) is 1.59. The Balaban J connectivity index is 2.96. The first kappa shape index (κ1) is 11.3. The molecule has 88 valence electrons. The van der Waals surface area contributed by atoms with Crippen molar-refractivity contribution in [2.24, 2.45) is 7.05 Å². The van der Waals surface area contributed by atoms with Crippen LogP contribution in [0.5, 0.6) is 0 Å². The van der Waals surface area contributed by atoms with Crippen LogP contribution in [0.2, 0.25) is 0 Å². The fourth-order valence-electron chi connectivity index (χ4n) is 1.59. The standard InChI is InChI=1S/C11H9FN2O3/c1-5-3-8-7(4-6(5)12)13-9(11(16)17)10(15)14(8)2/h3-4H,1-2H3,(H,16,17). The maximum absolute atomic E-state index is 13.3. The first-order chi connectivity index (χ1) is 7.91. The molecule has 2 aromatic rings. The van der Waals surface area contributed by atoms with Crippen LogP contribution in [-0.4, -0.2) is 20.6 Å². The van der Waals surface area contributed by atoms with Crippen LogP contribution in [0.3, 0.4) is 0 Å². The van der Waals surface area contributed by atoms with E-state index in [0.29, 0.717) is 11.1 Å². The van der Waals surface area contributed by atoms with Crippen LogP contribution in [-0.2, 0) is 7.05 Å². The van der Waals surface area contributed by atoms with Gasteiger partial charge in [0, 0.05) is 13.1 Å². The summed E-state index contributed by atoms with van der Waals surface area (Å²) < 4.78 is 14.5. The van der Waals surface area contributed by atoms with Gasteiger partial charge in [-0.3, -0.25) is 4.79 Å². The Morgan fingerprint density at radius 3 is 2.71 bits per heavy atom. The number of hydrogen-bond acceptors (Lipinski definition) is 3. The van der Waals surface area contributed by atoms with Crippen molar-refractivity contribution in [2.75, 3.05) is 0 Å². The molecule has 17 heavy (non-hydrogen) atoms. The van der Waals surface area contributed by atoms with Gasteiger partial charge in [-0.2, -0.15) is 0 Å². The van der Waals surface area contributed by atoms with E-state index in [-0.39, 0.29) is 5.52 Å². The van der Waals surface area contributed by atoms with E-state index >= 15 is 0 Å². The van der Waals surface area contributed by atoms with Crippen molar-refractivity contribution in [3.05, 3.63) is 39.6 Å². The largest absolute Gasteiger partial charge is 0.476 e. The molecule has 0 bridgehead atoms. The van der Waals surface area contributed by atoms with Crippen LogP contribution in [0.4, 0.5) is 4.39 Å². The molecule has 5 nitrogen and oxygen atoms in total. The van der Waals surface area contributed by atoms with E-state index in [1.165, 1.54) is 13.1 Å². The number of nitrogens with zero attached hydrogens (tertiary/aromatic N) is 2. The van der Waals surface area contributed by atoms with Crippen molar-refractivity contribution in [3.63, 3.8) is 0 Å². The van der Waals surface area contributed by atoms with Crippen molar-refractivity contribution < 1.29 is 14.3 Å². The van der Waals surface area contributed by atoms with Crippen LogP contribution < -0.4 is 5.56 Å². The van der Waals surface area contributed by atoms with Gasteiger partial charge in [-0.25, -0.2) is 14.2 Å². The maximum atomic E-state index is 13.3. The molecule has 1 aromatic carbocycles. The lowest BCUT2D eigenvalue weighted by atomic mass is 10.2. The molecule has 0 amide bonds. The first-order valence-electron chi connectivity index (χ1n) is 4.82. The van der Waals surface area contributed by atoms with E-state index in [1.54, 1.807) is 6.92 Å². The Labute approximate surface area is 95.1 Å². The molecule has 0 aliphatic rings. The molecule has 0 fully saturated rings. The highest BCUT2D eigenvalue weighted by atomic mass is 19.1. The number of carbonyl (C=O) groups is 1. The molecule has 1 heterocycles. The molecular formula is C11H9FN2O3. The van der Waals surface area contributed by atoms with Gasteiger partial charge in [0.1, 0.15) is 5.82 Å². The van der Waals surface area contributed by atoms with Crippen molar-refractivity contribution in [1.82, 2.24) is 9.55 Å². The van der Waals surface area contributed by atoms with Gasteiger partial charge in [-0.15, -0.1) is 0 Å². The molecule has 1 aromatic heterocycles. The number of hydrogen-bond donors (Lipinski definition) is 1. The molecule has 0 radical (unpaired) electrons. The van der Waals surface area contributed by atoms with Crippen molar-refractivity contribution in [3.8, 4) is 0 Å². The van der Waals surface area contributed by atoms with Crippen LogP contribution >= 0.6 is 0 Å². The Hall–Kier alpha value is -2.24. The van der Waals surface area contributed by atoms with Crippen molar-refractivity contribution in [1.29, 1.82) is 0 Å². The number of aromatic carboxylic acids is 1. The number of benzene rings is 1. The number of halogens is 1. The van der Waals surface area contributed by atoms with Gasteiger partial charge in [0.2, 0.25) is 5.69 Å². The van der Waals surface area contributed by atoms with Gasteiger partial charge in [0.15, 0.2) is 0 Å². The highest BCUT2D eigenvalue weighted by Crippen LogP contribution is 2.15. The third-order valence-corrected chi connectivity index (χ3v) is 2.56. The average Bonchev–Trinajstić information content (AvgIpc) is 2.26. The van der Waals surface area contributed by atoms with Crippen molar-refractivity contribution >= 4 is 17.0 Å². The van der Waals surface area contributed by atoms with E-state index in [9.17, 15) is 14.0 Å². The predicted octanol–water partition coefficient (Wildman–Crippen LogP) is 1.08. The second kappa shape index (κ2) is 3.65. The molecule has 0 unspecified atom stereocenters. The summed E-state index contributed by atoms with van der Waals surface area (Å²) in [6.07, 6.45) is 0. The molecule has 2 rings (SSSR count). The Morgan fingerprint density at radius 1 is 1.47 bits per heavy atom. The Bertz CT molecular complexity index is 691. The molecule has 0 atom stereocenters. The van der Waals surface area contributed by atoms with E-state index < -0.39 is 23.0 Å². The number of carboxylic acids is 1. The van der Waals surface area contributed by atoms with Crippen LogP contribution in [0, 0.1) is 12.7 Å². The summed E-state index contributed by atoms with van der Waals surface area (Å²) in [6.45, 7) is 1.56. The molecule has 0 saturated carbocycles. The smallest absolute Gasteiger partial charge is 0.360 e. The third kappa shape index (κ3) is 1.67. The molecule has 0 aliphatic carbocycles. The van der Waals surface area contributed by atoms with Crippen LogP contribution in [0.15, 0.2) is 16.9 Å². The molecule has 1 N–H and O–H groups in total. The minimum absolute atomic E-state index is 0.146. The zero-order valence-electron chi connectivity index (χ0n) is 9.19. The zero-order chi connectivity index (χ0) is 12.7. The first-order valence-corrected chi connectivity index (χ1v) is 4.82. The van der Waals surface area contributed by atoms with Gasteiger partial charge < -0.3 is 9.67 Å². The van der Waals surface area contributed by atoms with Crippen molar-refractivity contribution in [2.45, 2.75) is 6.92 Å². The lowest BCUT2D eigenvalue weighted by Crippen LogP contribution is -2.26. The summed E-state index contributed by atoms with van der Waals surface area (Å²) in [5.74, 6) is -1.91. The fraction of sp³-hybridized carbons (Fsp3) is 0.182. The lowest BCUT2D eigenvalue weighted by Gasteiger charge is -2.07.